The molecule has 0 fully saturated rings. The molecule has 39 heavy (non-hydrogen) atoms. The minimum Gasteiger partial charge on any atom is -0.491 e. The molecule has 0 aliphatic carbocycles. The van der Waals surface area contributed by atoms with E-state index < -0.39 is 0 Å². The Kier molecular flexibility index (Phi) is 13.9. The molecule has 8 heteroatoms. The van der Waals surface area contributed by atoms with E-state index in [-0.39, 0.29) is 11.8 Å². The maximum absolute atomic E-state index is 11.6. The Labute approximate surface area is 231 Å². The summed E-state index contributed by atoms with van der Waals surface area (Å²) in [5, 5.41) is 5.41. The number of hydrogen-bond donors (Lipinski definition) is 2. The van der Waals surface area contributed by atoms with Gasteiger partial charge in [0.25, 0.3) is 0 Å². The number of hydrogen-bond acceptors (Lipinski definition) is 8. The van der Waals surface area contributed by atoms with Crippen molar-refractivity contribution < 1.29 is 28.5 Å². The first kappa shape index (κ1) is 30.7. The standard InChI is InChI=1S/C31H42N2O6/c1-24(34)23-30(33-2)26-9-7-25(8-10-26)27-11-12-31(29-6-4-3-5-28(27)29)39-22-21-38-20-19-37-18-17-36-16-15-35-14-13-32/h3-12,30,33H,13-23,32H2,1-2H3. The van der Waals surface area contributed by atoms with Crippen LogP contribution in [0.5, 0.6) is 5.75 Å². The monoisotopic (exact) mass is 538 g/mol. The van der Waals surface area contributed by atoms with Crippen molar-refractivity contribution in [3.63, 3.8) is 0 Å². The van der Waals surface area contributed by atoms with Gasteiger partial charge in [0.15, 0.2) is 0 Å². The van der Waals surface area contributed by atoms with Crippen molar-refractivity contribution in [2.24, 2.45) is 5.73 Å². The van der Waals surface area contributed by atoms with Crippen molar-refractivity contribution in [2.75, 3.05) is 73.1 Å². The van der Waals surface area contributed by atoms with E-state index in [2.05, 4.69) is 47.8 Å². The van der Waals surface area contributed by atoms with Crippen molar-refractivity contribution in [2.45, 2.75) is 19.4 Å². The third-order valence-corrected chi connectivity index (χ3v) is 6.21. The molecule has 1 atom stereocenters. The highest BCUT2D eigenvalue weighted by molar-refractivity contribution is 6.00. The Morgan fingerprint density at radius 3 is 1.87 bits per heavy atom. The summed E-state index contributed by atoms with van der Waals surface area (Å²) in [5.74, 6) is 0.996. The first-order valence-corrected chi connectivity index (χ1v) is 13.6. The van der Waals surface area contributed by atoms with Crippen LogP contribution in [0.2, 0.25) is 0 Å². The topological polar surface area (TPSA) is 101 Å². The fourth-order valence-corrected chi connectivity index (χ4v) is 4.27. The van der Waals surface area contributed by atoms with Gasteiger partial charge in [-0.25, -0.2) is 0 Å². The molecule has 0 heterocycles. The van der Waals surface area contributed by atoms with Crippen molar-refractivity contribution in [3.05, 3.63) is 66.2 Å². The number of carbonyl (C=O) groups is 1. The van der Waals surface area contributed by atoms with Crippen LogP contribution in [0.25, 0.3) is 21.9 Å². The second kappa shape index (κ2) is 17.7. The maximum Gasteiger partial charge on any atom is 0.131 e. The molecule has 1 unspecified atom stereocenters. The normalized spacial score (nSPS) is 12.1. The van der Waals surface area contributed by atoms with Gasteiger partial charge in [-0.15, -0.1) is 0 Å². The molecule has 212 valence electrons. The molecule has 8 nitrogen and oxygen atoms in total. The van der Waals surface area contributed by atoms with Gasteiger partial charge in [-0.3, -0.25) is 4.79 Å². The number of rotatable bonds is 20. The number of Topliss-reactive ketones (excluding diaryl/α,β-unsaturated/α-hetero) is 1. The fraction of sp³-hybridized carbons (Fsp3) is 0.452. The van der Waals surface area contributed by atoms with Gasteiger partial charge < -0.3 is 34.7 Å². The number of ketones is 1. The third kappa shape index (κ3) is 10.3. The first-order chi connectivity index (χ1) is 19.1. The van der Waals surface area contributed by atoms with Crippen LogP contribution in [0.4, 0.5) is 0 Å². The van der Waals surface area contributed by atoms with Gasteiger partial charge in [0.05, 0.1) is 52.9 Å². The van der Waals surface area contributed by atoms with E-state index in [4.69, 9.17) is 29.4 Å². The highest BCUT2D eigenvalue weighted by atomic mass is 16.6. The molecule has 0 saturated heterocycles. The van der Waals surface area contributed by atoms with Gasteiger partial charge in [0.1, 0.15) is 18.1 Å². The average molecular weight is 539 g/mol. The smallest absolute Gasteiger partial charge is 0.131 e. The SMILES string of the molecule is CNC(CC(C)=O)c1ccc(-c2ccc(OCCOCCOCCOCCOCCN)c3ccccc23)cc1. The molecule has 0 aliphatic heterocycles. The Bertz CT molecular complexity index is 1120. The van der Waals surface area contributed by atoms with E-state index in [9.17, 15) is 4.79 Å². The van der Waals surface area contributed by atoms with E-state index >= 15 is 0 Å². The molecule has 3 aromatic carbocycles. The lowest BCUT2D eigenvalue weighted by molar-refractivity contribution is -0.117. The second-order valence-electron chi connectivity index (χ2n) is 9.11. The summed E-state index contributed by atoms with van der Waals surface area (Å²) in [6.45, 7) is 6.77. The summed E-state index contributed by atoms with van der Waals surface area (Å²) in [5.41, 5.74) is 8.71. The predicted octanol–water partition coefficient (Wildman–Crippen LogP) is 4.15. The summed E-state index contributed by atoms with van der Waals surface area (Å²) in [4.78, 5) is 11.6. The summed E-state index contributed by atoms with van der Waals surface area (Å²) in [6, 6.07) is 20.8. The van der Waals surface area contributed by atoms with Crippen LogP contribution in [-0.4, -0.2) is 78.8 Å². The molecule has 3 N–H and O–H groups in total. The van der Waals surface area contributed by atoms with E-state index in [0.717, 1.165) is 33.2 Å². The van der Waals surface area contributed by atoms with Crippen molar-refractivity contribution in [1.29, 1.82) is 0 Å². The molecule has 0 saturated carbocycles. The molecule has 0 aromatic heterocycles. The molecule has 0 aliphatic rings. The number of nitrogens with two attached hydrogens (primary N) is 1. The summed E-state index contributed by atoms with van der Waals surface area (Å²) < 4.78 is 27.9. The van der Waals surface area contributed by atoms with Crippen molar-refractivity contribution in [3.8, 4) is 16.9 Å². The molecule has 0 amide bonds. The number of fused-ring (bicyclic) bond motifs is 1. The van der Waals surface area contributed by atoms with E-state index in [1.54, 1.807) is 6.92 Å². The van der Waals surface area contributed by atoms with Gasteiger partial charge >= 0.3 is 0 Å². The summed E-state index contributed by atoms with van der Waals surface area (Å²) in [6.07, 6.45) is 0.475. The Hall–Kier alpha value is -2.85. The van der Waals surface area contributed by atoms with E-state index in [1.165, 1.54) is 0 Å². The number of nitrogens with one attached hydrogen (secondary N) is 1. The van der Waals surface area contributed by atoms with Gasteiger partial charge in [0, 0.05) is 24.4 Å². The van der Waals surface area contributed by atoms with E-state index in [1.807, 2.05) is 25.2 Å². The lowest BCUT2D eigenvalue weighted by atomic mass is 9.95. The Balaban J connectivity index is 1.44. The fourth-order valence-electron chi connectivity index (χ4n) is 4.27. The summed E-state index contributed by atoms with van der Waals surface area (Å²) in [7, 11) is 1.88. The molecule has 3 rings (SSSR count). The third-order valence-electron chi connectivity index (χ3n) is 6.21. The molecule has 0 bridgehead atoms. The Morgan fingerprint density at radius 1 is 0.744 bits per heavy atom. The van der Waals surface area contributed by atoms with Crippen LogP contribution in [0.15, 0.2) is 60.7 Å². The van der Waals surface area contributed by atoms with E-state index in [0.29, 0.717) is 72.4 Å². The summed E-state index contributed by atoms with van der Waals surface area (Å²) >= 11 is 0. The lowest BCUT2D eigenvalue weighted by Gasteiger charge is -2.16. The van der Waals surface area contributed by atoms with Gasteiger partial charge in [0.2, 0.25) is 0 Å². The van der Waals surface area contributed by atoms with Crippen LogP contribution >= 0.6 is 0 Å². The zero-order valence-corrected chi connectivity index (χ0v) is 23.2. The van der Waals surface area contributed by atoms with Crippen LogP contribution in [0.1, 0.15) is 24.9 Å². The highest BCUT2D eigenvalue weighted by Gasteiger charge is 2.13. The highest BCUT2D eigenvalue weighted by Crippen LogP contribution is 2.35. The minimum absolute atomic E-state index is 0.0176. The number of carbonyl (C=O) groups excluding carboxylic acids is 1. The molecule has 0 spiro atoms. The predicted molar refractivity (Wildman–Crippen MR) is 154 cm³/mol. The largest absolute Gasteiger partial charge is 0.491 e. The molecule has 0 radical (unpaired) electrons. The van der Waals surface area contributed by atoms with Crippen LogP contribution in [0.3, 0.4) is 0 Å². The van der Waals surface area contributed by atoms with Crippen LogP contribution < -0.4 is 15.8 Å². The molecule has 3 aromatic rings. The second-order valence-corrected chi connectivity index (χ2v) is 9.11. The number of ether oxygens (including phenoxy) is 5. The zero-order chi connectivity index (χ0) is 27.7. The quantitative estimate of drug-likeness (QED) is 0.207. The first-order valence-electron chi connectivity index (χ1n) is 13.6. The van der Waals surface area contributed by atoms with Crippen molar-refractivity contribution >= 4 is 16.6 Å². The van der Waals surface area contributed by atoms with Crippen LogP contribution in [0, 0.1) is 0 Å². The molecular weight excluding hydrogens is 496 g/mol. The Morgan fingerprint density at radius 2 is 1.31 bits per heavy atom. The van der Waals surface area contributed by atoms with Gasteiger partial charge in [-0.2, -0.15) is 0 Å². The van der Waals surface area contributed by atoms with Gasteiger partial charge in [-0.1, -0.05) is 54.6 Å². The average Bonchev–Trinajstić information content (AvgIpc) is 2.96. The zero-order valence-electron chi connectivity index (χ0n) is 23.2. The minimum atomic E-state index is 0.0176. The maximum atomic E-state index is 11.6. The van der Waals surface area contributed by atoms with Crippen molar-refractivity contribution in [1.82, 2.24) is 5.32 Å². The van der Waals surface area contributed by atoms with Crippen LogP contribution in [-0.2, 0) is 23.7 Å². The number of benzene rings is 3. The lowest BCUT2D eigenvalue weighted by Crippen LogP contribution is -2.18. The van der Waals surface area contributed by atoms with Gasteiger partial charge in [-0.05, 0) is 42.1 Å². The molecular formula is C31H42N2O6.